The third-order valence-electron chi connectivity index (χ3n) is 3.31. The number of carboxylic acid groups (broad SMARTS) is 1. The van der Waals surface area contributed by atoms with Gasteiger partial charge in [0.25, 0.3) is 0 Å². The standard InChI is InChI=1S/C16H20FN3O2/c1-3-8-20(11-15(21)22)10-13-9-19(2)18-16(13)12-4-6-14(17)7-5-12/h4-7,9H,3,8,10-11H2,1-2H3,(H,21,22). The normalized spacial score (nSPS) is 11.1. The fourth-order valence-corrected chi connectivity index (χ4v) is 2.47. The summed E-state index contributed by atoms with van der Waals surface area (Å²) in [5.74, 6) is -1.14. The van der Waals surface area contributed by atoms with Gasteiger partial charge in [-0.1, -0.05) is 6.92 Å². The van der Waals surface area contributed by atoms with Crippen molar-refractivity contribution in [3.63, 3.8) is 0 Å². The summed E-state index contributed by atoms with van der Waals surface area (Å²) >= 11 is 0. The van der Waals surface area contributed by atoms with Crippen LogP contribution in [0.5, 0.6) is 0 Å². The molecule has 0 atom stereocenters. The van der Waals surface area contributed by atoms with Crippen molar-refractivity contribution in [1.29, 1.82) is 0 Å². The van der Waals surface area contributed by atoms with Gasteiger partial charge in [-0.05, 0) is 37.2 Å². The second-order valence-electron chi connectivity index (χ2n) is 5.29. The Morgan fingerprint density at radius 3 is 2.64 bits per heavy atom. The lowest BCUT2D eigenvalue weighted by atomic mass is 10.1. The molecule has 22 heavy (non-hydrogen) atoms. The molecule has 0 aliphatic heterocycles. The molecule has 1 aromatic heterocycles. The third-order valence-corrected chi connectivity index (χ3v) is 3.31. The number of carboxylic acids is 1. The maximum absolute atomic E-state index is 13.1. The first-order chi connectivity index (χ1) is 10.5. The molecule has 5 nitrogen and oxygen atoms in total. The molecule has 2 rings (SSSR count). The molecule has 0 fully saturated rings. The van der Waals surface area contributed by atoms with Gasteiger partial charge in [0.15, 0.2) is 0 Å². The monoisotopic (exact) mass is 305 g/mol. The molecule has 0 aliphatic carbocycles. The summed E-state index contributed by atoms with van der Waals surface area (Å²) in [6, 6.07) is 6.16. The number of rotatable bonds is 7. The molecule has 1 aromatic carbocycles. The Labute approximate surface area is 129 Å². The lowest BCUT2D eigenvalue weighted by Gasteiger charge is -2.19. The quantitative estimate of drug-likeness (QED) is 0.854. The molecule has 1 heterocycles. The molecular weight excluding hydrogens is 285 g/mol. The molecule has 0 bridgehead atoms. The second kappa shape index (κ2) is 7.17. The Balaban J connectivity index is 2.26. The van der Waals surface area contributed by atoms with E-state index in [2.05, 4.69) is 5.10 Å². The van der Waals surface area contributed by atoms with E-state index < -0.39 is 5.97 Å². The van der Waals surface area contributed by atoms with Crippen LogP contribution in [0.2, 0.25) is 0 Å². The minimum Gasteiger partial charge on any atom is -0.480 e. The van der Waals surface area contributed by atoms with Crippen molar-refractivity contribution in [3.05, 3.63) is 41.8 Å². The maximum atomic E-state index is 13.1. The van der Waals surface area contributed by atoms with Crippen molar-refractivity contribution in [3.8, 4) is 11.3 Å². The predicted octanol–water partition coefficient (Wildman–Crippen LogP) is 2.52. The molecule has 0 radical (unpaired) electrons. The lowest BCUT2D eigenvalue weighted by molar-refractivity contribution is -0.138. The molecule has 2 aromatic rings. The van der Waals surface area contributed by atoms with Crippen molar-refractivity contribution in [2.45, 2.75) is 19.9 Å². The predicted molar refractivity (Wildman–Crippen MR) is 81.8 cm³/mol. The SMILES string of the molecule is CCCN(CC(=O)O)Cc1cn(C)nc1-c1ccc(F)cc1. The largest absolute Gasteiger partial charge is 0.480 e. The van der Waals surface area contributed by atoms with Crippen LogP contribution < -0.4 is 0 Å². The van der Waals surface area contributed by atoms with Gasteiger partial charge in [-0.2, -0.15) is 5.10 Å². The van der Waals surface area contributed by atoms with E-state index in [1.165, 1.54) is 12.1 Å². The molecule has 0 saturated carbocycles. The van der Waals surface area contributed by atoms with Crippen molar-refractivity contribution >= 4 is 5.97 Å². The Morgan fingerprint density at radius 1 is 1.36 bits per heavy atom. The number of halogens is 1. The van der Waals surface area contributed by atoms with E-state index in [0.29, 0.717) is 13.1 Å². The Hall–Kier alpha value is -2.21. The first kappa shape index (κ1) is 16.2. The molecule has 118 valence electrons. The second-order valence-corrected chi connectivity index (χ2v) is 5.29. The fourth-order valence-electron chi connectivity index (χ4n) is 2.47. The summed E-state index contributed by atoms with van der Waals surface area (Å²) in [6.45, 7) is 3.20. The number of hydrogen-bond donors (Lipinski definition) is 1. The van der Waals surface area contributed by atoms with E-state index in [-0.39, 0.29) is 12.4 Å². The zero-order valence-corrected chi connectivity index (χ0v) is 12.8. The van der Waals surface area contributed by atoms with Crippen LogP contribution in [0.3, 0.4) is 0 Å². The summed E-state index contributed by atoms with van der Waals surface area (Å²) in [7, 11) is 1.82. The van der Waals surface area contributed by atoms with Crippen LogP contribution in [0, 0.1) is 5.82 Å². The molecular formula is C16H20FN3O2. The van der Waals surface area contributed by atoms with Gasteiger partial charge in [0.2, 0.25) is 0 Å². The van der Waals surface area contributed by atoms with Crippen LogP contribution >= 0.6 is 0 Å². The molecule has 0 aliphatic rings. The number of aromatic nitrogens is 2. The van der Waals surface area contributed by atoms with E-state index in [1.807, 2.05) is 25.1 Å². The van der Waals surface area contributed by atoms with Crippen LogP contribution in [0.15, 0.2) is 30.5 Å². The third kappa shape index (κ3) is 4.14. The Kier molecular flexibility index (Phi) is 5.27. The average molecular weight is 305 g/mol. The first-order valence-corrected chi connectivity index (χ1v) is 7.22. The van der Waals surface area contributed by atoms with E-state index in [4.69, 9.17) is 5.11 Å². The van der Waals surface area contributed by atoms with Gasteiger partial charge in [-0.3, -0.25) is 14.4 Å². The summed E-state index contributed by atoms with van der Waals surface area (Å²) in [4.78, 5) is 12.8. The number of benzene rings is 1. The smallest absolute Gasteiger partial charge is 0.317 e. The van der Waals surface area contributed by atoms with Crippen LogP contribution in [-0.4, -0.2) is 38.8 Å². The highest BCUT2D eigenvalue weighted by atomic mass is 19.1. The molecule has 0 unspecified atom stereocenters. The maximum Gasteiger partial charge on any atom is 0.317 e. The van der Waals surface area contributed by atoms with E-state index >= 15 is 0 Å². The molecule has 0 spiro atoms. The van der Waals surface area contributed by atoms with Crippen LogP contribution in [0.25, 0.3) is 11.3 Å². The summed E-state index contributed by atoms with van der Waals surface area (Å²) in [6.07, 6.45) is 2.75. The summed E-state index contributed by atoms with van der Waals surface area (Å²) in [5.41, 5.74) is 2.52. The topological polar surface area (TPSA) is 58.4 Å². The minimum atomic E-state index is -0.847. The highest BCUT2D eigenvalue weighted by Gasteiger charge is 2.15. The number of aliphatic carboxylic acids is 1. The molecule has 0 amide bonds. The Morgan fingerprint density at radius 2 is 2.05 bits per heavy atom. The molecule has 0 saturated heterocycles. The van der Waals surface area contributed by atoms with Crippen molar-refractivity contribution < 1.29 is 14.3 Å². The average Bonchev–Trinajstić information content (AvgIpc) is 2.80. The van der Waals surface area contributed by atoms with Crippen molar-refractivity contribution in [2.24, 2.45) is 7.05 Å². The van der Waals surface area contributed by atoms with Gasteiger partial charge < -0.3 is 5.11 Å². The Bertz CT molecular complexity index is 637. The number of nitrogens with zero attached hydrogens (tertiary/aromatic N) is 3. The minimum absolute atomic E-state index is 0.00834. The number of carbonyl (C=O) groups is 1. The van der Waals surface area contributed by atoms with Crippen molar-refractivity contribution in [2.75, 3.05) is 13.1 Å². The summed E-state index contributed by atoms with van der Waals surface area (Å²) in [5, 5.41) is 13.4. The highest BCUT2D eigenvalue weighted by Crippen LogP contribution is 2.23. The zero-order valence-electron chi connectivity index (χ0n) is 12.8. The molecule has 6 heteroatoms. The number of hydrogen-bond acceptors (Lipinski definition) is 3. The van der Waals surface area contributed by atoms with Crippen LogP contribution in [-0.2, 0) is 18.4 Å². The zero-order chi connectivity index (χ0) is 16.1. The van der Waals surface area contributed by atoms with Gasteiger partial charge in [-0.15, -0.1) is 0 Å². The van der Waals surface area contributed by atoms with Crippen LogP contribution in [0.1, 0.15) is 18.9 Å². The van der Waals surface area contributed by atoms with Gasteiger partial charge in [0, 0.05) is 30.9 Å². The van der Waals surface area contributed by atoms with E-state index in [0.717, 1.165) is 23.2 Å². The van der Waals surface area contributed by atoms with Gasteiger partial charge >= 0.3 is 5.97 Å². The van der Waals surface area contributed by atoms with Gasteiger partial charge in [0.05, 0.1) is 12.2 Å². The van der Waals surface area contributed by atoms with Gasteiger partial charge in [0.1, 0.15) is 5.82 Å². The lowest BCUT2D eigenvalue weighted by Crippen LogP contribution is -2.30. The first-order valence-electron chi connectivity index (χ1n) is 7.22. The van der Waals surface area contributed by atoms with E-state index in [9.17, 15) is 9.18 Å². The fraction of sp³-hybridized carbons (Fsp3) is 0.375. The van der Waals surface area contributed by atoms with Crippen LogP contribution in [0.4, 0.5) is 4.39 Å². The molecule has 1 N–H and O–H groups in total. The van der Waals surface area contributed by atoms with Gasteiger partial charge in [-0.25, -0.2) is 4.39 Å². The summed E-state index contributed by atoms with van der Waals surface area (Å²) < 4.78 is 14.8. The van der Waals surface area contributed by atoms with Crippen molar-refractivity contribution in [1.82, 2.24) is 14.7 Å². The highest BCUT2D eigenvalue weighted by molar-refractivity contribution is 5.69. The number of aryl methyl sites for hydroxylation is 1. The van der Waals surface area contributed by atoms with E-state index in [1.54, 1.807) is 16.8 Å².